The second-order valence-electron chi connectivity index (χ2n) is 8.57. The molecule has 0 aliphatic carbocycles. The molecule has 0 saturated carbocycles. The quantitative estimate of drug-likeness (QED) is 0.415. The highest BCUT2D eigenvalue weighted by molar-refractivity contribution is 6.00. The largest absolute Gasteiger partial charge is 0.496 e. The summed E-state index contributed by atoms with van der Waals surface area (Å²) in [5, 5.41) is 4.26. The minimum Gasteiger partial charge on any atom is -0.496 e. The van der Waals surface area contributed by atoms with E-state index in [1.165, 1.54) is 0 Å². The number of anilines is 1. The highest BCUT2D eigenvalue weighted by atomic mass is 16.5. The van der Waals surface area contributed by atoms with Gasteiger partial charge < -0.3 is 24.8 Å². The molecule has 1 aromatic carbocycles. The third kappa shape index (κ3) is 4.72. The number of nitrogens with one attached hydrogen (secondary N) is 2. The maximum atomic E-state index is 12.9. The summed E-state index contributed by atoms with van der Waals surface area (Å²) < 4.78 is 5.56. The molecule has 176 valence electrons. The van der Waals surface area contributed by atoms with Gasteiger partial charge in [0.1, 0.15) is 17.2 Å². The zero-order valence-corrected chi connectivity index (χ0v) is 20.2. The summed E-state index contributed by atoms with van der Waals surface area (Å²) in [4.78, 5) is 29.0. The number of amides is 1. The average Bonchev–Trinajstić information content (AvgIpc) is 3.26. The maximum Gasteiger partial charge on any atom is 0.257 e. The zero-order valence-electron chi connectivity index (χ0n) is 20.2. The van der Waals surface area contributed by atoms with Gasteiger partial charge in [-0.15, -0.1) is 0 Å². The zero-order chi connectivity index (χ0) is 24.2. The molecule has 8 heteroatoms. The van der Waals surface area contributed by atoms with Crippen LogP contribution >= 0.6 is 0 Å². The Morgan fingerprint density at radius 3 is 2.50 bits per heavy atom. The van der Waals surface area contributed by atoms with E-state index in [-0.39, 0.29) is 5.91 Å². The number of methoxy groups -OCH3 is 1. The Bertz CT molecular complexity index is 1310. The maximum absolute atomic E-state index is 12.9. The van der Waals surface area contributed by atoms with E-state index in [2.05, 4.69) is 31.2 Å². The normalized spacial score (nSPS) is 11.1. The van der Waals surface area contributed by atoms with Gasteiger partial charge in [-0.1, -0.05) is 18.2 Å². The topological polar surface area (TPSA) is 86.4 Å². The van der Waals surface area contributed by atoms with Crippen LogP contribution in [-0.4, -0.2) is 79.0 Å². The van der Waals surface area contributed by atoms with Gasteiger partial charge in [0.25, 0.3) is 5.91 Å². The van der Waals surface area contributed by atoms with E-state index in [0.29, 0.717) is 17.9 Å². The van der Waals surface area contributed by atoms with Crippen molar-refractivity contribution >= 4 is 22.8 Å². The predicted octanol–water partition coefficient (Wildman–Crippen LogP) is 3.98. The summed E-state index contributed by atoms with van der Waals surface area (Å²) in [5.41, 5.74) is 5.00. The van der Waals surface area contributed by atoms with Crippen molar-refractivity contribution in [2.24, 2.45) is 0 Å². The summed E-state index contributed by atoms with van der Waals surface area (Å²) >= 11 is 0. The number of nitrogens with zero attached hydrogens (tertiary/aromatic N) is 4. The highest BCUT2D eigenvalue weighted by Gasteiger charge is 2.18. The Morgan fingerprint density at radius 1 is 1.03 bits per heavy atom. The van der Waals surface area contributed by atoms with Crippen molar-refractivity contribution in [1.82, 2.24) is 24.8 Å². The van der Waals surface area contributed by atoms with E-state index >= 15 is 0 Å². The number of rotatable bonds is 8. The number of fused-ring (bicyclic) bond motifs is 1. The lowest BCUT2D eigenvalue weighted by Crippen LogP contribution is -2.25. The number of hydrogen-bond acceptors (Lipinski definition) is 6. The smallest absolute Gasteiger partial charge is 0.257 e. The van der Waals surface area contributed by atoms with Crippen LogP contribution in [0, 0.1) is 0 Å². The van der Waals surface area contributed by atoms with E-state index in [0.717, 1.165) is 45.6 Å². The van der Waals surface area contributed by atoms with Crippen molar-refractivity contribution in [1.29, 1.82) is 0 Å². The molecule has 0 aliphatic heterocycles. The predicted molar refractivity (Wildman–Crippen MR) is 136 cm³/mol. The first-order valence-electron chi connectivity index (χ1n) is 11.1. The molecule has 4 rings (SSSR count). The number of carbonyl (C=O) groups is 1. The van der Waals surface area contributed by atoms with Gasteiger partial charge >= 0.3 is 0 Å². The van der Waals surface area contributed by atoms with Crippen molar-refractivity contribution in [3.05, 3.63) is 60.6 Å². The minimum absolute atomic E-state index is 0.105. The lowest BCUT2D eigenvalue weighted by Gasteiger charge is -2.17. The summed E-state index contributed by atoms with van der Waals surface area (Å²) in [6, 6.07) is 11.9. The second-order valence-corrected chi connectivity index (χ2v) is 8.57. The number of carbonyl (C=O) groups excluding carboxylic acids is 1. The number of benzene rings is 1. The van der Waals surface area contributed by atoms with Crippen LogP contribution in [0.1, 0.15) is 10.4 Å². The molecule has 0 fully saturated rings. The number of aromatic nitrogens is 3. The van der Waals surface area contributed by atoms with Crippen molar-refractivity contribution in [3.8, 4) is 28.0 Å². The van der Waals surface area contributed by atoms with Crippen LogP contribution in [0.4, 0.5) is 5.82 Å². The molecule has 0 atom stereocenters. The first kappa shape index (κ1) is 23.3. The van der Waals surface area contributed by atoms with Crippen molar-refractivity contribution in [2.75, 3.05) is 53.7 Å². The van der Waals surface area contributed by atoms with E-state index in [1.807, 2.05) is 50.6 Å². The molecule has 0 spiro atoms. The molecule has 1 amide bonds. The number of hydrogen-bond donors (Lipinski definition) is 2. The van der Waals surface area contributed by atoms with Gasteiger partial charge in [0.05, 0.1) is 12.7 Å². The summed E-state index contributed by atoms with van der Waals surface area (Å²) in [6.45, 7) is 1.52. The van der Waals surface area contributed by atoms with Gasteiger partial charge in [-0.05, 0) is 32.3 Å². The van der Waals surface area contributed by atoms with E-state index in [9.17, 15) is 4.79 Å². The molecule has 0 unspecified atom stereocenters. The molecule has 34 heavy (non-hydrogen) atoms. The van der Waals surface area contributed by atoms with E-state index < -0.39 is 0 Å². The fraction of sp³-hybridized carbons (Fsp3) is 0.269. The summed E-state index contributed by atoms with van der Waals surface area (Å²) in [7, 11) is 9.17. The van der Waals surface area contributed by atoms with E-state index in [1.54, 1.807) is 38.5 Å². The first-order chi connectivity index (χ1) is 16.4. The van der Waals surface area contributed by atoms with Crippen LogP contribution in [0.25, 0.3) is 33.3 Å². The fourth-order valence-corrected chi connectivity index (χ4v) is 3.82. The number of pyridine rings is 2. The summed E-state index contributed by atoms with van der Waals surface area (Å²) in [5.74, 6) is 1.27. The second kappa shape index (κ2) is 9.93. The molecule has 3 aromatic heterocycles. The fourth-order valence-electron chi connectivity index (χ4n) is 3.82. The third-order valence-electron chi connectivity index (χ3n) is 5.64. The molecule has 0 radical (unpaired) electrons. The summed E-state index contributed by atoms with van der Waals surface area (Å²) in [6.07, 6.45) is 5.52. The number of likely N-dealkylation sites (N-methyl/N-ethyl adjacent to an activating group) is 1. The Labute approximate surface area is 199 Å². The molecular weight excluding hydrogens is 428 g/mol. The van der Waals surface area contributed by atoms with Gasteiger partial charge in [-0.2, -0.15) is 0 Å². The molecular formula is C26H30N6O2. The monoisotopic (exact) mass is 458 g/mol. The van der Waals surface area contributed by atoms with Gasteiger partial charge in [-0.3, -0.25) is 4.79 Å². The van der Waals surface area contributed by atoms with Crippen molar-refractivity contribution in [3.63, 3.8) is 0 Å². The molecule has 0 bridgehead atoms. The number of H-pyrrole nitrogens is 1. The standard InChI is InChI=1S/C26H30N6O2/c1-31(2)11-10-27-25-21(26(33)32(3)4)13-18(15-29-25)17-12-20-22(16-30-24(20)28-14-17)19-8-6-7-9-23(19)34-5/h6-9,12-16H,10-11H2,1-5H3,(H,27,29)(H,28,30). The molecule has 0 saturated heterocycles. The highest BCUT2D eigenvalue weighted by Crippen LogP contribution is 2.36. The molecule has 0 aliphatic rings. The van der Waals surface area contributed by atoms with Gasteiger partial charge in [0.15, 0.2) is 0 Å². The van der Waals surface area contributed by atoms with E-state index in [4.69, 9.17) is 4.74 Å². The van der Waals surface area contributed by atoms with Crippen LogP contribution in [0.15, 0.2) is 55.0 Å². The van der Waals surface area contributed by atoms with Crippen LogP contribution in [-0.2, 0) is 0 Å². The first-order valence-corrected chi connectivity index (χ1v) is 11.1. The SMILES string of the molecule is COc1ccccc1-c1c[nH]c2ncc(-c3cnc(NCCN(C)C)c(C(=O)N(C)C)c3)cc12. The Hall–Kier alpha value is -3.91. The Balaban J connectivity index is 1.76. The van der Waals surface area contributed by atoms with Crippen molar-refractivity contribution < 1.29 is 9.53 Å². The van der Waals surface area contributed by atoms with Crippen LogP contribution in [0.2, 0.25) is 0 Å². The number of aromatic amines is 1. The Morgan fingerprint density at radius 2 is 1.76 bits per heavy atom. The lowest BCUT2D eigenvalue weighted by atomic mass is 10.0. The average molecular weight is 459 g/mol. The van der Waals surface area contributed by atoms with Crippen LogP contribution in [0.3, 0.4) is 0 Å². The van der Waals surface area contributed by atoms with Crippen molar-refractivity contribution in [2.45, 2.75) is 0 Å². The van der Waals surface area contributed by atoms with Gasteiger partial charge in [0, 0.05) is 73.4 Å². The van der Waals surface area contributed by atoms with Crippen LogP contribution in [0.5, 0.6) is 5.75 Å². The number of para-hydroxylation sites is 1. The third-order valence-corrected chi connectivity index (χ3v) is 5.64. The molecule has 3 heterocycles. The van der Waals surface area contributed by atoms with Gasteiger partial charge in [-0.25, -0.2) is 9.97 Å². The molecule has 2 N–H and O–H groups in total. The minimum atomic E-state index is -0.105. The van der Waals surface area contributed by atoms with Gasteiger partial charge in [0.2, 0.25) is 0 Å². The molecule has 4 aromatic rings. The Kier molecular flexibility index (Phi) is 6.79. The number of ether oxygens (including phenoxy) is 1. The molecule has 8 nitrogen and oxygen atoms in total. The lowest BCUT2D eigenvalue weighted by molar-refractivity contribution is 0.0828. The van der Waals surface area contributed by atoms with Crippen LogP contribution < -0.4 is 10.1 Å².